The van der Waals surface area contributed by atoms with E-state index < -0.39 is 0 Å². The molecule has 3 rings (SSSR count). The average Bonchev–Trinajstić information content (AvgIpc) is 2.46. The number of para-hydroxylation sites is 1. The van der Waals surface area contributed by atoms with Gasteiger partial charge in [0.1, 0.15) is 0 Å². The minimum absolute atomic E-state index is 0.143. The molecule has 0 unspecified atom stereocenters. The van der Waals surface area contributed by atoms with E-state index in [0.29, 0.717) is 26.1 Å². The second-order valence-corrected chi connectivity index (χ2v) is 6.09. The lowest BCUT2D eigenvalue weighted by Crippen LogP contribution is -2.51. The Hall–Kier alpha value is -1.94. The van der Waals surface area contributed by atoms with E-state index in [9.17, 15) is 4.79 Å². The molecule has 1 aliphatic rings. The molecule has 1 aromatic heterocycles. The topological polar surface area (TPSA) is 42.4 Å². The Bertz CT molecular complexity index is 661. The molecule has 0 N–H and O–H groups in total. The molecule has 0 atom stereocenters. The van der Waals surface area contributed by atoms with Gasteiger partial charge in [0.25, 0.3) is 0 Å². The predicted octanol–water partition coefficient (Wildman–Crippen LogP) is 2.41. The smallest absolute Gasteiger partial charge is 0.227 e. The van der Waals surface area contributed by atoms with E-state index >= 15 is 0 Å². The second-order valence-electron chi connectivity index (χ2n) is 6.09. The zero-order chi connectivity index (χ0) is 14.9. The molecule has 110 valence electrons. The van der Waals surface area contributed by atoms with Gasteiger partial charge in [-0.1, -0.05) is 24.3 Å². The first kappa shape index (κ1) is 14.0. The first-order valence-electron chi connectivity index (χ1n) is 7.29. The first-order chi connectivity index (χ1) is 10.1. The maximum Gasteiger partial charge on any atom is 0.227 e. The van der Waals surface area contributed by atoms with Crippen LogP contribution in [0.15, 0.2) is 36.5 Å². The monoisotopic (exact) mass is 284 g/mol. The fraction of sp³-hybridized carbons (Fsp3) is 0.412. The van der Waals surface area contributed by atoms with E-state index in [2.05, 4.69) is 4.98 Å². The third-order valence-corrected chi connectivity index (χ3v) is 3.84. The molecule has 0 saturated carbocycles. The van der Waals surface area contributed by atoms with Gasteiger partial charge in [-0.2, -0.15) is 0 Å². The van der Waals surface area contributed by atoms with E-state index in [-0.39, 0.29) is 11.5 Å². The van der Waals surface area contributed by atoms with Gasteiger partial charge in [-0.15, -0.1) is 0 Å². The van der Waals surface area contributed by atoms with Gasteiger partial charge in [-0.05, 0) is 25.5 Å². The number of nitrogens with zero attached hydrogens (tertiary/aromatic N) is 2. The van der Waals surface area contributed by atoms with Crippen LogP contribution in [0.4, 0.5) is 0 Å². The summed E-state index contributed by atoms with van der Waals surface area (Å²) >= 11 is 0. The van der Waals surface area contributed by atoms with Gasteiger partial charge in [0, 0.05) is 24.7 Å². The SMILES string of the molecule is CC1(C)CN(C(=O)Cc2cccc3cccnc23)CCO1. The number of carbonyl (C=O) groups excluding carboxylic acids is 1. The van der Waals surface area contributed by atoms with Crippen LogP contribution in [0.3, 0.4) is 0 Å². The Kier molecular flexibility index (Phi) is 3.64. The molecule has 0 bridgehead atoms. The predicted molar refractivity (Wildman–Crippen MR) is 82.1 cm³/mol. The largest absolute Gasteiger partial charge is 0.372 e. The summed E-state index contributed by atoms with van der Waals surface area (Å²) in [4.78, 5) is 18.8. The van der Waals surface area contributed by atoms with Gasteiger partial charge in [0.05, 0.1) is 24.1 Å². The van der Waals surface area contributed by atoms with Crippen LogP contribution in [-0.2, 0) is 16.0 Å². The summed E-state index contributed by atoms with van der Waals surface area (Å²) in [6, 6.07) is 9.93. The van der Waals surface area contributed by atoms with E-state index in [1.54, 1.807) is 6.20 Å². The lowest BCUT2D eigenvalue weighted by atomic mass is 10.0. The number of morpholine rings is 1. The summed E-state index contributed by atoms with van der Waals surface area (Å²) in [6.07, 6.45) is 2.17. The van der Waals surface area contributed by atoms with Gasteiger partial charge in [0.15, 0.2) is 0 Å². The van der Waals surface area contributed by atoms with E-state index in [0.717, 1.165) is 16.5 Å². The molecule has 4 nitrogen and oxygen atoms in total. The maximum absolute atomic E-state index is 12.5. The molecule has 2 aromatic rings. The molecule has 4 heteroatoms. The number of carbonyl (C=O) groups is 1. The second kappa shape index (κ2) is 5.45. The molecule has 1 aliphatic heterocycles. The van der Waals surface area contributed by atoms with Crippen molar-refractivity contribution in [3.8, 4) is 0 Å². The third-order valence-electron chi connectivity index (χ3n) is 3.84. The highest BCUT2D eigenvalue weighted by atomic mass is 16.5. The zero-order valence-corrected chi connectivity index (χ0v) is 12.5. The third kappa shape index (κ3) is 3.05. The van der Waals surface area contributed by atoms with Crippen LogP contribution in [-0.4, -0.2) is 41.1 Å². The Labute approximate surface area is 124 Å². The summed E-state index contributed by atoms with van der Waals surface area (Å²) in [5.74, 6) is 0.143. The Morgan fingerprint density at radius 1 is 1.33 bits per heavy atom. The number of pyridine rings is 1. The lowest BCUT2D eigenvalue weighted by Gasteiger charge is -2.38. The van der Waals surface area contributed by atoms with E-state index in [1.807, 2.05) is 49.1 Å². The van der Waals surface area contributed by atoms with Crippen molar-refractivity contribution >= 4 is 16.8 Å². The highest BCUT2D eigenvalue weighted by Crippen LogP contribution is 2.20. The summed E-state index contributed by atoms with van der Waals surface area (Å²) in [7, 11) is 0. The number of ether oxygens (including phenoxy) is 1. The number of hydrogen-bond acceptors (Lipinski definition) is 3. The quantitative estimate of drug-likeness (QED) is 0.850. The number of aromatic nitrogens is 1. The fourth-order valence-electron chi connectivity index (χ4n) is 2.81. The Morgan fingerprint density at radius 3 is 2.95 bits per heavy atom. The van der Waals surface area contributed by atoms with Crippen LogP contribution < -0.4 is 0 Å². The van der Waals surface area contributed by atoms with Crippen LogP contribution in [0.25, 0.3) is 10.9 Å². The van der Waals surface area contributed by atoms with Crippen molar-refractivity contribution < 1.29 is 9.53 Å². The normalized spacial score (nSPS) is 17.9. The van der Waals surface area contributed by atoms with Crippen molar-refractivity contribution in [3.63, 3.8) is 0 Å². The van der Waals surface area contributed by atoms with Crippen LogP contribution in [0.2, 0.25) is 0 Å². The van der Waals surface area contributed by atoms with Crippen molar-refractivity contribution in [2.24, 2.45) is 0 Å². The van der Waals surface area contributed by atoms with Crippen LogP contribution in [0.5, 0.6) is 0 Å². The molecule has 0 radical (unpaired) electrons. The van der Waals surface area contributed by atoms with Crippen molar-refractivity contribution in [1.82, 2.24) is 9.88 Å². The molecule has 2 heterocycles. The molecule has 0 spiro atoms. The zero-order valence-electron chi connectivity index (χ0n) is 12.5. The fourth-order valence-corrected chi connectivity index (χ4v) is 2.81. The van der Waals surface area contributed by atoms with Crippen molar-refractivity contribution in [2.75, 3.05) is 19.7 Å². The number of hydrogen-bond donors (Lipinski definition) is 0. The molecule has 21 heavy (non-hydrogen) atoms. The van der Waals surface area contributed by atoms with E-state index in [1.165, 1.54) is 0 Å². The molecule has 1 fully saturated rings. The standard InChI is InChI=1S/C17H20N2O2/c1-17(2)12-19(9-10-21-17)15(20)11-14-6-3-5-13-7-4-8-18-16(13)14/h3-8H,9-12H2,1-2H3. The molecular formula is C17H20N2O2. The van der Waals surface area contributed by atoms with Gasteiger partial charge < -0.3 is 9.64 Å². The van der Waals surface area contributed by atoms with Gasteiger partial charge in [-0.3, -0.25) is 9.78 Å². The highest BCUT2D eigenvalue weighted by molar-refractivity contribution is 5.87. The minimum Gasteiger partial charge on any atom is -0.372 e. The summed E-state index contributed by atoms with van der Waals surface area (Å²) in [5.41, 5.74) is 1.65. The van der Waals surface area contributed by atoms with Crippen molar-refractivity contribution in [2.45, 2.75) is 25.9 Å². The van der Waals surface area contributed by atoms with Gasteiger partial charge in [-0.25, -0.2) is 0 Å². The molecular weight excluding hydrogens is 264 g/mol. The van der Waals surface area contributed by atoms with Crippen molar-refractivity contribution in [1.29, 1.82) is 0 Å². The first-order valence-corrected chi connectivity index (χ1v) is 7.29. The lowest BCUT2D eigenvalue weighted by molar-refractivity contribution is -0.145. The average molecular weight is 284 g/mol. The summed E-state index contributed by atoms with van der Waals surface area (Å²) in [5, 5.41) is 1.07. The molecule has 1 saturated heterocycles. The molecule has 1 amide bonds. The Balaban J connectivity index is 1.80. The van der Waals surface area contributed by atoms with Crippen LogP contribution in [0.1, 0.15) is 19.4 Å². The van der Waals surface area contributed by atoms with Crippen LogP contribution in [0, 0.1) is 0 Å². The minimum atomic E-state index is -0.259. The molecule has 1 aromatic carbocycles. The highest BCUT2D eigenvalue weighted by Gasteiger charge is 2.29. The van der Waals surface area contributed by atoms with Crippen LogP contribution >= 0.6 is 0 Å². The van der Waals surface area contributed by atoms with Gasteiger partial charge in [0.2, 0.25) is 5.91 Å². The maximum atomic E-state index is 12.5. The summed E-state index contributed by atoms with van der Waals surface area (Å²) < 4.78 is 5.66. The summed E-state index contributed by atoms with van der Waals surface area (Å²) in [6.45, 7) is 5.95. The number of amides is 1. The van der Waals surface area contributed by atoms with E-state index in [4.69, 9.17) is 4.74 Å². The number of rotatable bonds is 2. The molecule has 0 aliphatic carbocycles. The van der Waals surface area contributed by atoms with Crippen molar-refractivity contribution in [3.05, 3.63) is 42.1 Å². The van der Waals surface area contributed by atoms with Gasteiger partial charge >= 0.3 is 0 Å². The Morgan fingerprint density at radius 2 is 2.14 bits per heavy atom. The number of fused-ring (bicyclic) bond motifs is 1. The number of benzene rings is 1.